The van der Waals surface area contributed by atoms with Gasteiger partial charge in [-0.1, -0.05) is 17.7 Å². The van der Waals surface area contributed by atoms with Crippen LogP contribution in [0.3, 0.4) is 0 Å². The van der Waals surface area contributed by atoms with Crippen LogP contribution in [0.25, 0.3) is 0 Å². The second-order valence-corrected chi connectivity index (χ2v) is 2.77. The molecule has 4 heteroatoms. The van der Waals surface area contributed by atoms with E-state index in [1.807, 2.05) is 0 Å². The van der Waals surface area contributed by atoms with Crippen molar-refractivity contribution in [1.29, 1.82) is 0 Å². The van der Waals surface area contributed by atoms with E-state index >= 15 is 0 Å². The predicted molar refractivity (Wildman–Crippen MR) is 50.8 cm³/mol. The zero-order valence-electron chi connectivity index (χ0n) is 6.50. The van der Waals surface area contributed by atoms with Crippen molar-refractivity contribution < 1.29 is 0 Å². The summed E-state index contributed by atoms with van der Waals surface area (Å²) in [5, 5.41) is 0.301. The topological polar surface area (TPSA) is 64.9 Å². The molecular weight excluding hydrogens is 174 g/mol. The summed E-state index contributed by atoms with van der Waals surface area (Å²) < 4.78 is 0. The number of anilines is 1. The highest BCUT2D eigenvalue weighted by molar-refractivity contribution is 6.31. The molecule has 0 aliphatic heterocycles. The second kappa shape index (κ2) is 3.56. The third kappa shape index (κ3) is 1.75. The fourth-order valence-electron chi connectivity index (χ4n) is 0.800. The van der Waals surface area contributed by atoms with E-state index in [9.17, 15) is 0 Å². The van der Waals surface area contributed by atoms with Gasteiger partial charge in [-0.15, -0.1) is 6.58 Å². The van der Waals surface area contributed by atoms with Crippen LogP contribution in [-0.4, -0.2) is 4.98 Å². The smallest absolute Gasteiger partial charge is 0.151 e. The summed E-state index contributed by atoms with van der Waals surface area (Å²) in [5.41, 5.74) is 12.4. The van der Waals surface area contributed by atoms with Crippen molar-refractivity contribution in [2.75, 3.05) is 5.73 Å². The summed E-state index contributed by atoms with van der Waals surface area (Å²) in [4.78, 5) is 3.86. The van der Waals surface area contributed by atoms with Crippen LogP contribution in [0.5, 0.6) is 0 Å². The zero-order valence-corrected chi connectivity index (χ0v) is 7.25. The average molecular weight is 184 g/mol. The highest BCUT2D eigenvalue weighted by Gasteiger charge is 2.04. The van der Waals surface area contributed by atoms with Crippen LogP contribution in [-0.2, 0) is 0 Å². The Kier molecular flexibility index (Phi) is 2.68. The fraction of sp³-hybridized carbons (Fsp3) is 0.125. The van der Waals surface area contributed by atoms with Gasteiger partial charge in [0.2, 0.25) is 0 Å². The zero-order chi connectivity index (χ0) is 9.14. The molecule has 0 fully saturated rings. The molecule has 12 heavy (non-hydrogen) atoms. The predicted octanol–water partition coefficient (Wildman–Crippen LogP) is 1.50. The Morgan fingerprint density at radius 3 is 2.83 bits per heavy atom. The Balaban J connectivity index is 3.04. The molecule has 1 atom stereocenters. The molecule has 0 spiro atoms. The monoisotopic (exact) mass is 183 g/mol. The van der Waals surface area contributed by atoms with Gasteiger partial charge in [-0.25, -0.2) is 4.98 Å². The largest absolute Gasteiger partial charge is 0.396 e. The molecule has 0 aromatic carbocycles. The first kappa shape index (κ1) is 9.03. The first-order valence-electron chi connectivity index (χ1n) is 3.44. The van der Waals surface area contributed by atoms with Crippen LogP contribution >= 0.6 is 11.6 Å². The Morgan fingerprint density at radius 1 is 1.67 bits per heavy atom. The molecule has 0 aliphatic carbocycles. The van der Waals surface area contributed by atoms with Gasteiger partial charge in [-0.2, -0.15) is 0 Å². The van der Waals surface area contributed by atoms with E-state index in [2.05, 4.69) is 11.6 Å². The van der Waals surface area contributed by atoms with Gasteiger partial charge < -0.3 is 11.5 Å². The first-order valence-corrected chi connectivity index (χ1v) is 3.82. The van der Waals surface area contributed by atoms with Crippen LogP contribution < -0.4 is 11.5 Å². The number of pyridine rings is 1. The lowest BCUT2D eigenvalue weighted by Crippen LogP contribution is -2.07. The van der Waals surface area contributed by atoms with Crippen LogP contribution in [0, 0.1) is 0 Å². The molecule has 0 saturated carbocycles. The number of rotatable bonds is 2. The maximum Gasteiger partial charge on any atom is 0.151 e. The SMILES string of the molecule is C=CC(N)c1cnc(Cl)c(N)c1. The van der Waals surface area contributed by atoms with Crippen molar-refractivity contribution in [2.45, 2.75) is 6.04 Å². The number of aromatic nitrogens is 1. The fourth-order valence-corrected chi connectivity index (χ4v) is 0.904. The standard InChI is InChI=1S/C8H10ClN3/c1-2-6(10)5-3-7(11)8(9)12-4-5/h2-4,6H,1,10-11H2. The molecule has 1 heterocycles. The summed E-state index contributed by atoms with van der Waals surface area (Å²) in [6.07, 6.45) is 3.20. The number of hydrogen-bond donors (Lipinski definition) is 2. The van der Waals surface area contributed by atoms with Gasteiger partial charge in [0.25, 0.3) is 0 Å². The lowest BCUT2D eigenvalue weighted by molar-refractivity contribution is 0.905. The quantitative estimate of drug-likeness (QED) is 0.540. The van der Waals surface area contributed by atoms with Gasteiger partial charge in [-0.05, 0) is 11.6 Å². The van der Waals surface area contributed by atoms with Crippen molar-refractivity contribution in [1.82, 2.24) is 4.98 Å². The van der Waals surface area contributed by atoms with Gasteiger partial charge in [0.1, 0.15) is 0 Å². The molecule has 0 saturated heterocycles. The van der Waals surface area contributed by atoms with Gasteiger partial charge in [0.05, 0.1) is 5.69 Å². The molecule has 0 bridgehead atoms. The minimum atomic E-state index is -0.239. The van der Waals surface area contributed by atoms with Crippen molar-refractivity contribution >= 4 is 17.3 Å². The number of nitrogens with two attached hydrogens (primary N) is 2. The molecule has 1 rings (SSSR count). The minimum Gasteiger partial charge on any atom is -0.396 e. The van der Waals surface area contributed by atoms with E-state index in [0.717, 1.165) is 5.56 Å². The summed E-state index contributed by atoms with van der Waals surface area (Å²) in [6.45, 7) is 3.56. The number of nitrogens with zero attached hydrogens (tertiary/aromatic N) is 1. The van der Waals surface area contributed by atoms with Crippen molar-refractivity contribution in [3.8, 4) is 0 Å². The second-order valence-electron chi connectivity index (χ2n) is 2.41. The van der Waals surface area contributed by atoms with Crippen molar-refractivity contribution in [3.63, 3.8) is 0 Å². The molecule has 0 radical (unpaired) electrons. The van der Waals surface area contributed by atoms with Gasteiger partial charge >= 0.3 is 0 Å². The van der Waals surface area contributed by atoms with E-state index in [-0.39, 0.29) is 6.04 Å². The Hall–Kier alpha value is -1.06. The van der Waals surface area contributed by atoms with Gasteiger partial charge in [-0.3, -0.25) is 0 Å². The van der Waals surface area contributed by atoms with Crippen LogP contribution in [0.2, 0.25) is 5.15 Å². The van der Waals surface area contributed by atoms with E-state index in [1.165, 1.54) is 0 Å². The molecule has 1 aromatic heterocycles. The molecule has 0 aliphatic rings. The Morgan fingerprint density at radius 2 is 2.33 bits per heavy atom. The van der Waals surface area contributed by atoms with E-state index in [0.29, 0.717) is 10.8 Å². The number of nitrogen functional groups attached to an aromatic ring is 1. The Bertz CT molecular complexity index is 298. The molecule has 4 N–H and O–H groups in total. The molecule has 0 amide bonds. The maximum absolute atomic E-state index is 5.66. The van der Waals surface area contributed by atoms with Crippen LogP contribution in [0.1, 0.15) is 11.6 Å². The third-order valence-corrected chi connectivity index (χ3v) is 1.84. The van der Waals surface area contributed by atoms with Crippen LogP contribution in [0.15, 0.2) is 24.9 Å². The Labute approximate surface area is 76.0 Å². The minimum absolute atomic E-state index is 0.239. The number of halogens is 1. The lowest BCUT2D eigenvalue weighted by Gasteiger charge is -2.06. The van der Waals surface area contributed by atoms with E-state index in [1.54, 1.807) is 18.3 Å². The summed E-state index contributed by atoms with van der Waals surface area (Å²) in [7, 11) is 0. The lowest BCUT2D eigenvalue weighted by atomic mass is 10.1. The molecule has 1 aromatic rings. The number of hydrogen-bond acceptors (Lipinski definition) is 3. The van der Waals surface area contributed by atoms with Gasteiger partial charge in [0, 0.05) is 12.2 Å². The molecule has 3 nitrogen and oxygen atoms in total. The average Bonchev–Trinajstić information content (AvgIpc) is 2.08. The maximum atomic E-state index is 5.66. The van der Waals surface area contributed by atoms with E-state index < -0.39 is 0 Å². The molecule has 64 valence electrons. The van der Waals surface area contributed by atoms with E-state index in [4.69, 9.17) is 23.1 Å². The molecule has 1 unspecified atom stereocenters. The molecular formula is C8H10ClN3. The normalized spacial score (nSPS) is 12.5. The summed E-state index contributed by atoms with van der Waals surface area (Å²) in [5.74, 6) is 0. The first-order chi connectivity index (χ1) is 5.65. The third-order valence-electron chi connectivity index (χ3n) is 1.53. The highest BCUT2D eigenvalue weighted by Crippen LogP contribution is 2.19. The summed E-state index contributed by atoms with van der Waals surface area (Å²) >= 11 is 5.63. The highest BCUT2D eigenvalue weighted by atomic mass is 35.5. The van der Waals surface area contributed by atoms with Crippen molar-refractivity contribution in [3.05, 3.63) is 35.6 Å². The van der Waals surface area contributed by atoms with Crippen LogP contribution in [0.4, 0.5) is 5.69 Å². The van der Waals surface area contributed by atoms with Gasteiger partial charge in [0.15, 0.2) is 5.15 Å². The van der Waals surface area contributed by atoms with Crippen molar-refractivity contribution in [2.24, 2.45) is 5.73 Å². The summed E-state index contributed by atoms with van der Waals surface area (Å²) in [6, 6.07) is 1.46.